The van der Waals surface area contributed by atoms with E-state index in [9.17, 15) is 20.1 Å². The Labute approximate surface area is 104 Å². The van der Waals surface area contributed by atoms with Crippen molar-refractivity contribution in [3.05, 3.63) is 23.3 Å². The highest BCUT2D eigenvalue weighted by Gasteiger charge is 2.19. The highest BCUT2D eigenvalue weighted by Crippen LogP contribution is 2.28. The van der Waals surface area contributed by atoms with Crippen LogP contribution in [0.2, 0.25) is 0 Å². The van der Waals surface area contributed by atoms with Gasteiger partial charge in [-0.3, -0.25) is 0 Å². The molecule has 0 aliphatic heterocycles. The third-order valence-corrected chi connectivity index (χ3v) is 2.47. The molecule has 2 unspecified atom stereocenters. The van der Waals surface area contributed by atoms with Crippen molar-refractivity contribution in [2.45, 2.75) is 32.0 Å². The van der Waals surface area contributed by atoms with Crippen LogP contribution in [0.1, 0.15) is 29.3 Å². The number of aliphatic hydroxyl groups excluding tert-OH is 2. The summed E-state index contributed by atoms with van der Waals surface area (Å²) in [6.45, 7) is 1.50. The second-order valence-corrected chi connectivity index (χ2v) is 4.25. The van der Waals surface area contributed by atoms with Gasteiger partial charge >= 0.3 is 5.97 Å². The molecule has 6 heteroatoms. The Morgan fingerprint density at radius 3 is 2.39 bits per heavy atom. The molecule has 0 saturated carbocycles. The number of phenolic OH excluding ortho intramolecular Hbond substituents is 1. The second kappa shape index (κ2) is 5.70. The lowest BCUT2D eigenvalue weighted by molar-refractivity contribution is 0.0690. The Morgan fingerprint density at radius 2 is 1.89 bits per heavy atom. The molecule has 100 valence electrons. The summed E-state index contributed by atoms with van der Waals surface area (Å²) >= 11 is 0. The highest BCUT2D eigenvalue weighted by atomic mass is 16.4. The maximum Gasteiger partial charge on any atom is 0.339 e. The van der Waals surface area contributed by atoms with E-state index in [2.05, 4.69) is 0 Å². The lowest BCUT2D eigenvalue weighted by Crippen LogP contribution is -2.19. The van der Waals surface area contributed by atoms with E-state index < -0.39 is 23.9 Å². The van der Waals surface area contributed by atoms with E-state index in [1.54, 1.807) is 0 Å². The van der Waals surface area contributed by atoms with Gasteiger partial charge in [0, 0.05) is 6.07 Å². The van der Waals surface area contributed by atoms with Gasteiger partial charge in [-0.25, -0.2) is 4.79 Å². The van der Waals surface area contributed by atoms with E-state index in [-0.39, 0.29) is 29.7 Å². The van der Waals surface area contributed by atoms with Gasteiger partial charge in [-0.1, -0.05) is 0 Å². The van der Waals surface area contributed by atoms with Crippen LogP contribution in [0.15, 0.2) is 12.1 Å². The van der Waals surface area contributed by atoms with E-state index in [0.29, 0.717) is 0 Å². The summed E-state index contributed by atoms with van der Waals surface area (Å²) in [5.74, 6) is -2.18. The Morgan fingerprint density at radius 1 is 1.28 bits per heavy atom. The largest absolute Gasteiger partial charge is 0.508 e. The van der Waals surface area contributed by atoms with Crippen molar-refractivity contribution in [2.75, 3.05) is 0 Å². The van der Waals surface area contributed by atoms with Gasteiger partial charge in [-0.15, -0.1) is 0 Å². The van der Waals surface area contributed by atoms with Gasteiger partial charge in [0.2, 0.25) is 0 Å². The number of aromatic carboxylic acids is 1. The molecule has 0 fully saturated rings. The predicted molar refractivity (Wildman–Crippen MR) is 62.7 cm³/mol. The maximum absolute atomic E-state index is 11.0. The fraction of sp³-hybridized carbons (Fsp3) is 0.417. The normalized spacial score (nSPS) is 14.2. The van der Waals surface area contributed by atoms with E-state index in [0.717, 1.165) is 6.07 Å². The first-order valence-electron chi connectivity index (χ1n) is 5.45. The average Bonchev–Trinajstić information content (AvgIpc) is 2.12. The monoisotopic (exact) mass is 256 g/mol. The Bertz CT molecular complexity index is 440. The molecule has 0 bridgehead atoms. The van der Waals surface area contributed by atoms with Crippen molar-refractivity contribution < 1.29 is 30.3 Å². The van der Waals surface area contributed by atoms with E-state index >= 15 is 0 Å². The number of carboxylic acids is 1. The van der Waals surface area contributed by atoms with Crippen molar-refractivity contribution >= 4 is 5.97 Å². The van der Waals surface area contributed by atoms with Crippen LogP contribution in [0.5, 0.6) is 11.5 Å². The highest BCUT2D eigenvalue weighted by molar-refractivity contribution is 5.92. The molecule has 0 amide bonds. The first-order valence-corrected chi connectivity index (χ1v) is 5.45. The fourth-order valence-corrected chi connectivity index (χ4v) is 1.81. The van der Waals surface area contributed by atoms with Crippen molar-refractivity contribution in [3.8, 4) is 11.5 Å². The minimum atomic E-state index is -1.34. The summed E-state index contributed by atoms with van der Waals surface area (Å²) < 4.78 is 0. The number of benzene rings is 1. The van der Waals surface area contributed by atoms with Crippen LogP contribution in [-0.2, 0) is 6.42 Å². The molecule has 0 heterocycles. The van der Waals surface area contributed by atoms with Crippen LogP contribution in [0.3, 0.4) is 0 Å². The topological polar surface area (TPSA) is 118 Å². The molecular weight excluding hydrogens is 240 g/mol. The molecule has 0 aromatic heterocycles. The van der Waals surface area contributed by atoms with E-state index in [4.69, 9.17) is 10.2 Å². The van der Waals surface area contributed by atoms with Gasteiger partial charge in [-0.2, -0.15) is 0 Å². The molecule has 0 aliphatic rings. The zero-order valence-electron chi connectivity index (χ0n) is 9.87. The standard InChI is InChI=1S/C12H16O6/c1-6(13)2-8(14)3-7-4-9(15)5-10(16)11(7)12(17)18/h4-6,8,13-16H,2-3H2,1H3,(H,17,18). The Balaban J connectivity index is 3.03. The molecule has 1 aromatic rings. The van der Waals surface area contributed by atoms with Crippen LogP contribution in [-0.4, -0.2) is 43.7 Å². The van der Waals surface area contributed by atoms with Crippen molar-refractivity contribution in [2.24, 2.45) is 0 Å². The fourth-order valence-electron chi connectivity index (χ4n) is 1.81. The lowest BCUT2D eigenvalue weighted by atomic mass is 9.98. The van der Waals surface area contributed by atoms with Crippen LogP contribution in [0, 0.1) is 0 Å². The van der Waals surface area contributed by atoms with Crippen molar-refractivity contribution in [1.82, 2.24) is 0 Å². The number of aromatic hydroxyl groups is 2. The van der Waals surface area contributed by atoms with Crippen LogP contribution in [0.4, 0.5) is 0 Å². The lowest BCUT2D eigenvalue weighted by Gasteiger charge is -2.15. The number of carboxylic acid groups (broad SMARTS) is 1. The molecule has 6 nitrogen and oxygen atoms in total. The molecule has 1 aromatic carbocycles. The molecule has 0 aliphatic carbocycles. The third-order valence-electron chi connectivity index (χ3n) is 2.47. The van der Waals surface area contributed by atoms with Crippen molar-refractivity contribution in [3.63, 3.8) is 0 Å². The number of hydrogen-bond acceptors (Lipinski definition) is 5. The molecule has 5 N–H and O–H groups in total. The molecule has 0 radical (unpaired) electrons. The number of phenols is 2. The summed E-state index contributed by atoms with van der Waals surface area (Å²) in [4.78, 5) is 11.0. The Kier molecular flexibility index (Phi) is 4.52. The third kappa shape index (κ3) is 3.61. The minimum Gasteiger partial charge on any atom is -0.508 e. The van der Waals surface area contributed by atoms with E-state index in [1.807, 2.05) is 0 Å². The quantitative estimate of drug-likeness (QED) is 0.522. The summed E-state index contributed by atoms with van der Waals surface area (Å²) in [7, 11) is 0. The van der Waals surface area contributed by atoms with Crippen molar-refractivity contribution in [1.29, 1.82) is 0 Å². The number of carbonyl (C=O) groups is 1. The van der Waals surface area contributed by atoms with Crippen LogP contribution < -0.4 is 0 Å². The zero-order valence-corrected chi connectivity index (χ0v) is 9.87. The molecule has 0 saturated heterocycles. The summed E-state index contributed by atoms with van der Waals surface area (Å²) in [6.07, 6.45) is -1.67. The average molecular weight is 256 g/mol. The number of hydrogen-bond donors (Lipinski definition) is 5. The summed E-state index contributed by atoms with van der Waals surface area (Å²) in [5, 5.41) is 46.5. The molecular formula is C12H16O6. The Hall–Kier alpha value is -1.79. The number of rotatable bonds is 5. The smallest absolute Gasteiger partial charge is 0.339 e. The van der Waals surface area contributed by atoms with Gasteiger partial charge in [-0.05, 0) is 31.4 Å². The van der Waals surface area contributed by atoms with E-state index in [1.165, 1.54) is 13.0 Å². The van der Waals surface area contributed by atoms with Crippen LogP contribution >= 0.6 is 0 Å². The maximum atomic E-state index is 11.0. The first kappa shape index (κ1) is 14.3. The SMILES string of the molecule is CC(O)CC(O)Cc1cc(O)cc(O)c1C(=O)O. The van der Waals surface area contributed by atoms with Gasteiger partial charge in [0.05, 0.1) is 12.2 Å². The minimum absolute atomic E-state index is 0.0749. The van der Waals surface area contributed by atoms with Gasteiger partial charge in [0.25, 0.3) is 0 Å². The van der Waals surface area contributed by atoms with Crippen LogP contribution in [0.25, 0.3) is 0 Å². The second-order valence-electron chi connectivity index (χ2n) is 4.25. The molecule has 18 heavy (non-hydrogen) atoms. The molecule has 1 rings (SSSR count). The molecule has 0 spiro atoms. The molecule has 2 atom stereocenters. The van der Waals surface area contributed by atoms with Gasteiger partial charge in [0.1, 0.15) is 17.1 Å². The van der Waals surface area contributed by atoms with Gasteiger partial charge < -0.3 is 25.5 Å². The zero-order chi connectivity index (χ0) is 13.9. The summed E-state index contributed by atoms with van der Waals surface area (Å²) in [5.41, 5.74) is -0.231. The van der Waals surface area contributed by atoms with Gasteiger partial charge in [0.15, 0.2) is 0 Å². The predicted octanol–water partition coefficient (Wildman–Crippen LogP) is 0.470. The first-order chi connectivity index (χ1) is 8.31. The summed E-state index contributed by atoms with van der Waals surface area (Å²) in [6, 6.07) is 2.10. The number of aliphatic hydroxyl groups is 2.